The minimum Gasteiger partial charge on any atom is -0.507 e. The zero-order chi connectivity index (χ0) is 21.1. The van der Waals surface area contributed by atoms with Crippen LogP contribution in [0.15, 0.2) is 36.4 Å². The van der Waals surface area contributed by atoms with Gasteiger partial charge in [0.2, 0.25) is 5.75 Å². The molecule has 0 spiro atoms. The lowest BCUT2D eigenvalue weighted by molar-refractivity contribution is -0.156. The monoisotopic (exact) mass is 406 g/mol. The summed E-state index contributed by atoms with van der Waals surface area (Å²) >= 11 is 5.74. The number of methoxy groups -OCH3 is 1. The number of rotatable bonds is 6. The zero-order valence-electron chi connectivity index (χ0n) is 15.4. The summed E-state index contributed by atoms with van der Waals surface area (Å²) in [7, 11) is 1.20. The number of phenols is 3. The smallest absolute Gasteiger partial charge is 0.349 e. The number of hydrogen-bond donors (Lipinski definition) is 3. The molecule has 0 unspecified atom stereocenters. The van der Waals surface area contributed by atoms with E-state index >= 15 is 0 Å². The minimum absolute atomic E-state index is 0.0481. The Morgan fingerprint density at radius 1 is 1.07 bits per heavy atom. The number of esters is 1. The van der Waals surface area contributed by atoms with Gasteiger partial charge in [0.25, 0.3) is 0 Å². The number of carbonyl (C=O) groups is 2. The van der Waals surface area contributed by atoms with Gasteiger partial charge in [-0.1, -0.05) is 17.7 Å². The first-order valence-electron chi connectivity index (χ1n) is 8.09. The molecule has 3 N–H and O–H groups in total. The molecule has 0 radical (unpaired) electrons. The van der Waals surface area contributed by atoms with E-state index in [0.29, 0.717) is 5.56 Å². The van der Waals surface area contributed by atoms with E-state index in [0.717, 1.165) is 0 Å². The molecule has 28 heavy (non-hydrogen) atoms. The molecule has 148 valence electrons. The normalized spacial score (nSPS) is 11.4. The lowest BCUT2D eigenvalue weighted by Gasteiger charge is -2.24. The number of phenolic OH excluding ortho intramolecular Hbond substituents is 3. The Morgan fingerprint density at radius 3 is 2.36 bits per heavy atom. The molecule has 0 aliphatic heterocycles. The minimum atomic E-state index is -1.42. The number of ether oxygens (including phenoxy) is 2. The highest BCUT2D eigenvalue weighted by Crippen LogP contribution is 2.39. The van der Waals surface area contributed by atoms with Gasteiger partial charge in [-0.2, -0.15) is 0 Å². The average Bonchev–Trinajstić information content (AvgIpc) is 2.62. The van der Waals surface area contributed by atoms with Crippen molar-refractivity contribution in [2.75, 3.05) is 7.11 Å². The second-order valence-electron chi connectivity index (χ2n) is 6.35. The van der Waals surface area contributed by atoms with Crippen molar-refractivity contribution in [2.24, 2.45) is 0 Å². The highest BCUT2D eigenvalue weighted by molar-refractivity contribution is 6.31. The second kappa shape index (κ2) is 8.22. The number of aromatic hydroxyl groups is 3. The Morgan fingerprint density at radius 2 is 1.75 bits per heavy atom. The van der Waals surface area contributed by atoms with Crippen LogP contribution in [-0.4, -0.2) is 39.8 Å². The molecule has 0 aromatic heterocycles. The Bertz CT molecular complexity index is 948. The zero-order valence-corrected chi connectivity index (χ0v) is 16.1. The first kappa shape index (κ1) is 21.1. The van der Waals surface area contributed by atoms with Gasteiger partial charge >= 0.3 is 5.97 Å². The summed E-state index contributed by atoms with van der Waals surface area (Å²) in [5.41, 5.74) is -1.06. The molecule has 0 heterocycles. The molecule has 2 aromatic rings. The molecular weight excluding hydrogens is 388 g/mol. The van der Waals surface area contributed by atoms with Crippen LogP contribution in [0.5, 0.6) is 23.0 Å². The Hall–Kier alpha value is -3.19. The van der Waals surface area contributed by atoms with E-state index in [9.17, 15) is 24.9 Å². The van der Waals surface area contributed by atoms with Crippen LogP contribution in [0.1, 0.15) is 29.8 Å². The molecule has 8 heteroatoms. The molecule has 0 atom stereocenters. The summed E-state index contributed by atoms with van der Waals surface area (Å²) in [6, 6.07) is 6.64. The molecule has 0 aliphatic carbocycles. The molecule has 0 amide bonds. The quantitative estimate of drug-likeness (QED) is 0.290. The van der Waals surface area contributed by atoms with Crippen LogP contribution in [0.25, 0.3) is 6.08 Å². The molecule has 2 rings (SSSR count). The van der Waals surface area contributed by atoms with Crippen LogP contribution in [0, 0.1) is 0 Å². The van der Waals surface area contributed by atoms with Gasteiger partial charge < -0.3 is 24.8 Å². The van der Waals surface area contributed by atoms with Crippen molar-refractivity contribution in [3.63, 3.8) is 0 Å². The fraction of sp³-hybridized carbons (Fsp3) is 0.200. The van der Waals surface area contributed by atoms with Crippen molar-refractivity contribution in [1.82, 2.24) is 0 Å². The van der Waals surface area contributed by atoms with Crippen LogP contribution in [-0.2, 0) is 9.53 Å². The van der Waals surface area contributed by atoms with Gasteiger partial charge in [-0.15, -0.1) is 0 Å². The molecule has 0 bridgehead atoms. The topological polar surface area (TPSA) is 113 Å². The van der Waals surface area contributed by atoms with E-state index in [2.05, 4.69) is 4.74 Å². The number of benzene rings is 2. The fourth-order valence-electron chi connectivity index (χ4n) is 2.33. The van der Waals surface area contributed by atoms with Crippen molar-refractivity contribution >= 4 is 29.4 Å². The second-order valence-corrected chi connectivity index (χ2v) is 6.79. The van der Waals surface area contributed by atoms with Gasteiger partial charge in [-0.25, -0.2) is 4.79 Å². The van der Waals surface area contributed by atoms with Gasteiger partial charge in [0.15, 0.2) is 22.9 Å². The number of ketones is 1. The van der Waals surface area contributed by atoms with Gasteiger partial charge in [0.1, 0.15) is 5.75 Å². The van der Waals surface area contributed by atoms with Gasteiger partial charge in [-0.3, -0.25) is 4.79 Å². The fourth-order valence-corrected chi connectivity index (χ4v) is 2.49. The maximum Gasteiger partial charge on any atom is 0.349 e. The predicted molar refractivity (Wildman–Crippen MR) is 103 cm³/mol. The van der Waals surface area contributed by atoms with E-state index in [1.165, 1.54) is 63.4 Å². The van der Waals surface area contributed by atoms with Gasteiger partial charge in [0, 0.05) is 5.02 Å². The summed E-state index contributed by atoms with van der Waals surface area (Å²) in [4.78, 5) is 24.0. The Kier molecular flexibility index (Phi) is 6.20. The lowest BCUT2D eigenvalue weighted by atomic mass is 10.1. The summed E-state index contributed by atoms with van der Waals surface area (Å²) in [5, 5.41) is 30.0. The molecule has 0 aliphatic rings. The Balaban J connectivity index is 2.31. The van der Waals surface area contributed by atoms with E-state index < -0.39 is 28.9 Å². The Labute approximate surface area is 166 Å². The van der Waals surface area contributed by atoms with Crippen molar-refractivity contribution < 1.29 is 34.4 Å². The maximum absolute atomic E-state index is 12.2. The summed E-state index contributed by atoms with van der Waals surface area (Å²) in [5.74, 6) is -2.67. The highest BCUT2D eigenvalue weighted by Gasteiger charge is 2.32. The molecule has 7 nitrogen and oxygen atoms in total. The van der Waals surface area contributed by atoms with Crippen molar-refractivity contribution in [3.8, 4) is 23.0 Å². The van der Waals surface area contributed by atoms with Gasteiger partial charge in [0.05, 0.1) is 12.7 Å². The molecule has 0 saturated heterocycles. The summed E-state index contributed by atoms with van der Waals surface area (Å²) in [6.07, 6.45) is 2.53. The summed E-state index contributed by atoms with van der Waals surface area (Å²) in [6.45, 7) is 2.87. The lowest BCUT2D eigenvalue weighted by Crippen LogP contribution is -2.39. The van der Waals surface area contributed by atoms with Crippen LogP contribution in [0.2, 0.25) is 5.02 Å². The number of carbonyl (C=O) groups excluding carboxylic acids is 2. The molecule has 0 saturated carbocycles. The predicted octanol–water partition coefficient (Wildman–Crippen LogP) is 3.68. The van der Waals surface area contributed by atoms with Crippen LogP contribution < -0.4 is 4.74 Å². The third-order valence-electron chi connectivity index (χ3n) is 3.77. The highest BCUT2D eigenvalue weighted by atomic mass is 35.5. The van der Waals surface area contributed by atoms with E-state index in [1.807, 2.05) is 0 Å². The summed E-state index contributed by atoms with van der Waals surface area (Å²) < 4.78 is 10.1. The van der Waals surface area contributed by atoms with Crippen LogP contribution in [0.4, 0.5) is 0 Å². The number of halogens is 1. The van der Waals surface area contributed by atoms with Crippen LogP contribution >= 0.6 is 11.6 Å². The maximum atomic E-state index is 12.2. The average molecular weight is 407 g/mol. The van der Waals surface area contributed by atoms with Gasteiger partial charge in [-0.05, 0) is 55.8 Å². The SMILES string of the molecule is COC(=O)C(C)(C)Oc1cc(/C=C/C(=O)c2ccc(Cl)cc2O)cc(O)c1O. The molecule has 0 fully saturated rings. The first-order chi connectivity index (χ1) is 13.0. The third kappa shape index (κ3) is 4.75. The molecule has 2 aromatic carbocycles. The van der Waals surface area contributed by atoms with E-state index in [-0.39, 0.29) is 22.1 Å². The third-order valence-corrected chi connectivity index (χ3v) is 4.01. The number of hydrogen-bond acceptors (Lipinski definition) is 7. The molecular formula is C20H19ClO7. The first-order valence-corrected chi connectivity index (χ1v) is 8.47. The largest absolute Gasteiger partial charge is 0.507 e. The van der Waals surface area contributed by atoms with E-state index in [1.54, 1.807) is 0 Å². The van der Waals surface area contributed by atoms with Crippen LogP contribution in [0.3, 0.4) is 0 Å². The van der Waals surface area contributed by atoms with Crippen molar-refractivity contribution in [2.45, 2.75) is 19.4 Å². The van der Waals surface area contributed by atoms with E-state index in [4.69, 9.17) is 16.3 Å². The van der Waals surface area contributed by atoms with Crippen molar-refractivity contribution in [3.05, 3.63) is 52.6 Å². The standard InChI is InChI=1S/C20H19ClO7/c1-20(2,19(26)27-3)28-17-9-11(8-16(24)18(17)25)4-7-14(22)13-6-5-12(21)10-15(13)23/h4-10,23-25H,1-3H3/b7-4+. The van der Waals surface area contributed by atoms with Crippen molar-refractivity contribution in [1.29, 1.82) is 0 Å². The number of allylic oxidation sites excluding steroid dienone is 1.